The number of carbonyl (C=O) groups is 1. The number of fused-ring (bicyclic) bond motifs is 2. The molecule has 1 saturated heterocycles. The Labute approximate surface area is 114 Å². The van der Waals surface area contributed by atoms with Gasteiger partial charge in [0.05, 0.1) is 0 Å². The molecule has 1 aromatic rings. The quantitative estimate of drug-likeness (QED) is 0.882. The van der Waals surface area contributed by atoms with Crippen LogP contribution in [0, 0.1) is 0 Å². The van der Waals surface area contributed by atoms with E-state index in [1.54, 1.807) is 0 Å². The SMILES string of the molecule is C=C(C)c1cc2c(cc1NC)C(=O)N1CCCC1C2. The fourth-order valence-electron chi connectivity index (χ4n) is 3.30. The van der Waals surface area contributed by atoms with Gasteiger partial charge in [-0.15, -0.1) is 0 Å². The Morgan fingerprint density at radius 3 is 2.95 bits per heavy atom. The molecule has 3 heteroatoms. The van der Waals surface area contributed by atoms with Crippen LogP contribution in [-0.2, 0) is 6.42 Å². The number of amides is 1. The molecule has 0 spiro atoms. The van der Waals surface area contributed by atoms with Crippen molar-refractivity contribution in [3.05, 3.63) is 35.4 Å². The van der Waals surface area contributed by atoms with Crippen LogP contribution in [0.1, 0.15) is 41.3 Å². The third-order valence-corrected chi connectivity index (χ3v) is 4.30. The molecule has 2 aliphatic heterocycles. The summed E-state index contributed by atoms with van der Waals surface area (Å²) in [6, 6.07) is 4.56. The summed E-state index contributed by atoms with van der Waals surface area (Å²) in [6.45, 7) is 6.96. The number of benzene rings is 1. The van der Waals surface area contributed by atoms with E-state index in [1.165, 1.54) is 5.56 Å². The van der Waals surface area contributed by atoms with Crippen LogP contribution in [0.15, 0.2) is 18.7 Å². The fourth-order valence-corrected chi connectivity index (χ4v) is 3.30. The van der Waals surface area contributed by atoms with Gasteiger partial charge in [-0.1, -0.05) is 6.58 Å². The molecule has 0 saturated carbocycles. The number of hydrogen-bond donors (Lipinski definition) is 1. The summed E-state index contributed by atoms with van der Waals surface area (Å²) in [4.78, 5) is 14.6. The second kappa shape index (κ2) is 4.41. The topological polar surface area (TPSA) is 32.3 Å². The van der Waals surface area contributed by atoms with E-state index in [0.717, 1.165) is 48.2 Å². The van der Waals surface area contributed by atoms with Crippen LogP contribution in [0.4, 0.5) is 5.69 Å². The molecule has 0 radical (unpaired) electrons. The van der Waals surface area contributed by atoms with Crippen LogP contribution in [-0.4, -0.2) is 30.4 Å². The smallest absolute Gasteiger partial charge is 0.254 e. The first kappa shape index (κ1) is 12.3. The van der Waals surface area contributed by atoms with E-state index in [0.29, 0.717) is 6.04 Å². The Hall–Kier alpha value is -1.77. The van der Waals surface area contributed by atoms with Gasteiger partial charge in [0, 0.05) is 36.4 Å². The molecule has 1 N–H and O–H groups in total. The highest BCUT2D eigenvalue weighted by atomic mass is 16.2. The van der Waals surface area contributed by atoms with E-state index >= 15 is 0 Å². The van der Waals surface area contributed by atoms with Gasteiger partial charge in [-0.05, 0) is 49.5 Å². The maximum Gasteiger partial charge on any atom is 0.254 e. The summed E-state index contributed by atoms with van der Waals surface area (Å²) in [5, 5.41) is 3.18. The van der Waals surface area contributed by atoms with Crippen molar-refractivity contribution in [3.63, 3.8) is 0 Å². The molecular formula is C16H20N2O. The normalized spacial score (nSPS) is 21.1. The minimum atomic E-state index is 0.202. The molecule has 1 atom stereocenters. The van der Waals surface area contributed by atoms with Crippen LogP contribution in [0.5, 0.6) is 0 Å². The van der Waals surface area contributed by atoms with Crippen molar-refractivity contribution in [1.82, 2.24) is 4.90 Å². The zero-order chi connectivity index (χ0) is 13.6. The molecule has 1 aromatic carbocycles. The number of nitrogens with one attached hydrogen (secondary N) is 1. The maximum absolute atomic E-state index is 12.5. The highest BCUT2D eigenvalue weighted by Crippen LogP contribution is 2.34. The number of allylic oxidation sites excluding steroid dienone is 1. The standard InChI is InChI=1S/C16H20N2O/c1-10(2)13-8-11-7-12-5-4-6-18(12)16(19)14(11)9-15(13)17-3/h8-9,12,17H,1,4-7H2,2-3H3. The zero-order valence-corrected chi connectivity index (χ0v) is 11.6. The molecule has 100 valence electrons. The van der Waals surface area contributed by atoms with Crippen molar-refractivity contribution in [2.45, 2.75) is 32.2 Å². The van der Waals surface area contributed by atoms with Gasteiger partial charge in [-0.25, -0.2) is 0 Å². The summed E-state index contributed by atoms with van der Waals surface area (Å²) in [5.74, 6) is 0.202. The lowest BCUT2D eigenvalue weighted by Crippen LogP contribution is -2.41. The molecular weight excluding hydrogens is 236 g/mol. The lowest BCUT2D eigenvalue weighted by atomic mass is 9.90. The molecule has 3 rings (SSSR count). The fraction of sp³-hybridized carbons (Fsp3) is 0.438. The highest BCUT2D eigenvalue weighted by Gasteiger charge is 2.35. The van der Waals surface area contributed by atoms with Crippen molar-refractivity contribution in [1.29, 1.82) is 0 Å². The average Bonchev–Trinajstić information content (AvgIpc) is 2.86. The second-order valence-electron chi connectivity index (χ2n) is 5.58. The Morgan fingerprint density at radius 2 is 2.26 bits per heavy atom. The van der Waals surface area contributed by atoms with Crippen LogP contribution in [0.25, 0.3) is 5.57 Å². The average molecular weight is 256 g/mol. The van der Waals surface area contributed by atoms with Gasteiger partial charge >= 0.3 is 0 Å². The third-order valence-electron chi connectivity index (χ3n) is 4.30. The van der Waals surface area contributed by atoms with E-state index in [9.17, 15) is 4.79 Å². The lowest BCUT2D eigenvalue weighted by Gasteiger charge is -2.32. The number of hydrogen-bond acceptors (Lipinski definition) is 2. The Morgan fingerprint density at radius 1 is 1.47 bits per heavy atom. The Bertz CT molecular complexity index is 562. The minimum Gasteiger partial charge on any atom is -0.388 e. The Kier molecular flexibility index (Phi) is 2.85. The van der Waals surface area contributed by atoms with Gasteiger partial charge in [0.1, 0.15) is 0 Å². The molecule has 0 bridgehead atoms. The Balaban J connectivity index is 2.11. The van der Waals surface area contributed by atoms with E-state index in [4.69, 9.17) is 0 Å². The first-order valence-corrected chi connectivity index (χ1v) is 6.93. The van der Waals surface area contributed by atoms with Gasteiger partial charge < -0.3 is 10.2 Å². The van der Waals surface area contributed by atoms with Crippen LogP contribution < -0.4 is 5.32 Å². The summed E-state index contributed by atoms with van der Waals surface area (Å²) < 4.78 is 0. The van der Waals surface area contributed by atoms with Crippen molar-refractivity contribution in [2.24, 2.45) is 0 Å². The summed E-state index contributed by atoms with van der Waals surface area (Å²) in [7, 11) is 1.89. The number of nitrogens with zero attached hydrogens (tertiary/aromatic N) is 1. The minimum absolute atomic E-state index is 0.202. The number of rotatable bonds is 2. The predicted molar refractivity (Wildman–Crippen MR) is 78.5 cm³/mol. The van der Waals surface area contributed by atoms with E-state index < -0.39 is 0 Å². The third kappa shape index (κ3) is 1.84. The lowest BCUT2D eigenvalue weighted by molar-refractivity contribution is 0.0714. The van der Waals surface area contributed by atoms with Gasteiger partial charge in [0.2, 0.25) is 0 Å². The van der Waals surface area contributed by atoms with Crippen molar-refractivity contribution >= 4 is 17.2 Å². The van der Waals surface area contributed by atoms with Gasteiger partial charge in [0.25, 0.3) is 5.91 Å². The molecule has 1 unspecified atom stereocenters. The zero-order valence-electron chi connectivity index (χ0n) is 11.6. The number of anilines is 1. The molecule has 19 heavy (non-hydrogen) atoms. The van der Waals surface area contributed by atoms with Crippen LogP contribution in [0.2, 0.25) is 0 Å². The van der Waals surface area contributed by atoms with Gasteiger partial charge in [0.15, 0.2) is 0 Å². The van der Waals surface area contributed by atoms with Crippen molar-refractivity contribution < 1.29 is 4.79 Å². The van der Waals surface area contributed by atoms with E-state index in [1.807, 2.05) is 24.9 Å². The molecule has 2 aliphatic rings. The van der Waals surface area contributed by atoms with Gasteiger partial charge in [-0.2, -0.15) is 0 Å². The molecule has 1 fully saturated rings. The predicted octanol–water partition coefficient (Wildman–Crippen LogP) is 2.92. The van der Waals surface area contributed by atoms with Crippen LogP contribution in [0.3, 0.4) is 0 Å². The van der Waals surface area contributed by atoms with Crippen molar-refractivity contribution in [2.75, 3.05) is 18.9 Å². The van der Waals surface area contributed by atoms with Crippen molar-refractivity contribution in [3.8, 4) is 0 Å². The molecule has 0 aromatic heterocycles. The monoisotopic (exact) mass is 256 g/mol. The summed E-state index contributed by atoms with van der Waals surface area (Å²) in [5.41, 5.74) is 5.21. The van der Waals surface area contributed by atoms with E-state index in [2.05, 4.69) is 18.0 Å². The molecule has 1 amide bonds. The molecule has 2 heterocycles. The summed E-state index contributed by atoms with van der Waals surface area (Å²) in [6.07, 6.45) is 3.27. The number of carbonyl (C=O) groups excluding carboxylic acids is 1. The first-order chi connectivity index (χ1) is 9.11. The van der Waals surface area contributed by atoms with Crippen LogP contribution >= 0.6 is 0 Å². The maximum atomic E-state index is 12.5. The van der Waals surface area contributed by atoms with E-state index in [-0.39, 0.29) is 5.91 Å². The molecule has 0 aliphatic carbocycles. The largest absolute Gasteiger partial charge is 0.388 e. The highest BCUT2D eigenvalue weighted by molar-refractivity contribution is 5.99. The second-order valence-corrected chi connectivity index (χ2v) is 5.58. The summed E-state index contributed by atoms with van der Waals surface area (Å²) >= 11 is 0. The first-order valence-electron chi connectivity index (χ1n) is 6.93. The van der Waals surface area contributed by atoms with Gasteiger partial charge in [-0.3, -0.25) is 4.79 Å². The molecule has 3 nitrogen and oxygen atoms in total.